The summed E-state index contributed by atoms with van der Waals surface area (Å²) in [7, 11) is 0. The van der Waals surface area contributed by atoms with Crippen molar-refractivity contribution in [1.82, 2.24) is 9.88 Å². The standard InChI is InChI=1S/C19H26N2O2/c1-13(2)21-15(4)10-17(16(21)5)11-20-19(22)12-23-18-8-6-7-14(3)9-18/h6-10,13H,11-12H2,1-5H3,(H,20,22). The molecular weight excluding hydrogens is 288 g/mol. The molecule has 1 heterocycles. The lowest BCUT2D eigenvalue weighted by molar-refractivity contribution is -0.123. The van der Waals surface area contributed by atoms with E-state index in [9.17, 15) is 4.79 Å². The van der Waals surface area contributed by atoms with Crippen molar-refractivity contribution in [3.8, 4) is 5.75 Å². The fourth-order valence-corrected chi connectivity index (χ4v) is 2.92. The zero-order valence-electron chi connectivity index (χ0n) is 14.6. The summed E-state index contributed by atoms with van der Waals surface area (Å²) in [6.07, 6.45) is 0. The molecule has 0 bridgehead atoms. The average molecular weight is 314 g/mol. The summed E-state index contributed by atoms with van der Waals surface area (Å²) >= 11 is 0. The molecule has 0 aliphatic carbocycles. The van der Waals surface area contributed by atoms with E-state index in [1.165, 1.54) is 11.4 Å². The van der Waals surface area contributed by atoms with Gasteiger partial charge in [0.25, 0.3) is 5.91 Å². The predicted octanol–water partition coefficient (Wildman–Crippen LogP) is 3.69. The molecule has 0 unspecified atom stereocenters. The molecule has 1 aromatic heterocycles. The molecule has 0 radical (unpaired) electrons. The van der Waals surface area contributed by atoms with Crippen LogP contribution in [0.4, 0.5) is 0 Å². The van der Waals surface area contributed by atoms with E-state index in [4.69, 9.17) is 4.74 Å². The van der Waals surface area contributed by atoms with Gasteiger partial charge in [-0.2, -0.15) is 0 Å². The van der Waals surface area contributed by atoms with Crippen molar-refractivity contribution in [3.63, 3.8) is 0 Å². The van der Waals surface area contributed by atoms with Crippen LogP contribution in [0.25, 0.3) is 0 Å². The zero-order valence-corrected chi connectivity index (χ0v) is 14.6. The van der Waals surface area contributed by atoms with E-state index in [0.717, 1.165) is 16.9 Å². The maximum atomic E-state index is 12.0. The first-order valence-corrected chi connectivity index (χ1v) is 8.02. The third-order valence-electron chi connectivity index (χ3n) is 3.94. The molecule has 4 heteroatoms. The van der Waals surface area contributed by atoms with Gasteiger partial charge in [0, 0.05) is 24.0 Å². The molecule has 124 valence electrons. The third kappa shape index (κ3) is 4.38. The number of benzene rings is 1. The van der Waals surface area contributed by atoms with E-state index in [-0.39, 0.29) is 12.5 Å². The van der Waals surface area contributed by atoms with Crippen molar-refractivity contribution in [2.75, 3.05) is 6.61 Å². The van der Waals surface area contributed by atoms with Crippen molar-refractivity contribution in [2.45, 2.75) is 47.2 Å². The summed E-state index contributed by atoms with van der Waals surface area (Å²) in [5, 5.41) is 2.93. The highest BCUT2D eigenvalue weighted by Gasteiger charge is 2.12. The number of amides is 1. The number of carbonyl (C=O) groups excluding carboxylic acids is 1. The SMILES string of the molecule is Cc1cccc(OCC(=O)NCc2cc(C)n(C(C)C)c2C)c1. The molecule has 1 N–H and O–H groups in total. The number of aryl methyl sites for hydroxylation is 2. The largest absolute Gasteiger partial charge is 0.484 e. The van der Waals surface area contributed by atoms with Crippen LogP contribution in [-0.2, 0) is 11.3 Å². The van der Waals surface area contributed by atoms with Crippen LogP contribution in [0.15, 0.2) is 30.3 Å². The second-order valence-corrected chi connectivity index (χ2v) is 6.24. The molecule has 4 nitrogen and oxygen atoms in total. The normalized spacial score (nSPS) is 10.9. The van der Waals surface area contributed by atoms with Crippen molar-refractivity contribution in [1.29, 1.82) is 0 Å². The molecule has 0 aliphatic rings. The van der Waals surface area contributed by atoms with Gasteiger partial charge in [0.05, 0.1) is 0 Å². The molecular formula is C19H26N2O2. The van der Waals surface area contributed by atoms with Gasteiger partial charge in [0.15, 0.2) is 6.61 Å². The van der Waals surface area contributed by atoms with E-state index in [2.05, 4.69) is 43.6 Å². The van der Waals surface area contributed by atoms with Crippen LogP contribution in [0.1, 0.15) is 42.4 Å². The summed E-state index contributed by atoms with van der Waals surface area (Å²) in [5.41, 5.74) is 4.69. The Kier molecular flexibility index (Phi) is 5.48. The molecule has 23 heavy (non-hydrogen) atoms. The molecule has 1 aromatic carbocycles. The Morgan fingerprint density at radius 2 is 1.96 bits per heavy atom. The highest BCUT2D eigenvalue weighted by Crippen LogP contribution is 2.19. The number of rotatable bonds is 6. The molecule has 2 aromatic rings. The first-order chi connectivity index (χ1) is 10.9. The Morgan fingerprint density at radius 3 is 2.57 bits per heavy atom. The van der Waals surface area contributed by atoms with E-state index >= 15 is 0 Å². The molecule has 0 fully saturated rings. The number of nitrogens with one attached hydrogen (secondary N) is 1. The Balaban J connectivity index is 1.89. The minimum absolute atomic E-state index is 0.0341. The van der Waals surface area contributed by atoms with Gasteiger partial charge >= 0.3 is 0 Å². The fourth-order valence-electron chi connectivity index (χ4n) is 2.92. The molecule has 2 rings (SSSR count). The van der Waals surface area contributed by atoms with Crippen LogP contribution >= 0.6 is 0 Å². The monoisotopic (exact) mass is 314 g/mol. The van der Waals surface area contributed by atoms with Gasteiger partial charge in [-0.25, -0.2) is 0 Å². The van der Waals surface area contributed by atoms with Gasteiger partial charge in [-0.05, 0) is 63.9 Å². The second-order valence-electron chi connectivity index (χ2n) is 6.24. The third-order valence-corrected chi connectivity index (χ3v) is 3.94. The minimum atomic E-state index is -0.110. The van der Waals surface area contributed by atoms with Crippen LogP contribution in [0.5, 0.6) is 5.75 Å². The quantitative estimate of drug-likeness (QED) is 0.883. The number of hydrogen-bond donors (Lipinski definition) is 1. The number of hydrogen-bond acceptors (Lipinski definition) is 2. The van der Waals surface area contributed by atoms with Crippen molar-refractivity contribution in [2.24, 2.45) is 0 Å². The first kappa shape index (κ1) is 17.1. The molecule has 0 saturated heterocycles. The second kappa shape index (κ2) is 7.36. The van der Waals surface area contributed by atoms with Crippen LogP contribution in [0.2, 0.25) is 0 Å². The number of ether oxygens (including phenoxy) is 1. The van der Waals surface area contributed by atoms with Gasteiger partial charge < -0.3 is 14.6 Å². The zero-order chi connectivity index (χ0) is 17.0. The highest BCUT2D eigenvalue weighted by molar-refractivity contribution is 5.77. The Morgan fingerprint density at radius 1 is 1.22 bits per heavy atom. The average Bonchev–Trinajstić information content (AvgIpc) is 2.77. The van der Waals surface area contributed by atoms with E-state index in [1.807, 2.05) is 31.2 Å². The summed E-state index contributed by atoms with van der Waals surface area (Å²) in [6, 6.07) is 10.3. The lowest BCUT2D eigenvalue weighted by atomic mass is 10.2. The van der Waals surface area contributed by atoms with Gasteiger partial charge in [-0.3, -0.25) is 4.79 Å². The summed E-state index contributed by atoms with van der Waals surface area (Å²) in [6.45, 7) is 11.1. The summed E-state index contributed by atoms with van der Waals surface area (Å²) in [4.78, 5) is 12.0. The van der Waals surface area contributed by atoms with Gasteiger partial charge in [-0.15, -0.1) is 0 Å². The Labute approximate surface area is 138 Å². The van der Waals surface area contributed by atoms with Crippen LogP contribution in [0.3, 0.4) is 0 Å². The maximum absolute atomic E-state index is 12.0. The number of aromatic nitrogens is 1. The Hall–Kier alpha value is -2.23. The van der Waals surface area contributed by atoms with E-state index in [0.29, 0.717) is 12.6 Å². The molecule has 0 aliphatic heterocycles. The van der Waals surface area contributed by atoms with Gasteiger partial charge in [0.2, 0.25) is 0 Å². The first-order valence-electron chi connectivity index (χ1n) is 8.02. The molecule has 0 saturated carbocycles. The topological polar surface area (TPSA) is 43.3 Å². The predicted molar refractivity (Wildman–Crippen MR) is 92.8 cm³/mol. The van der Waals surface area contributed by atoms with Crippen LogP contribution in [0, 0.1) is 20.8 Å². The van der Waals surface area contributed by atoms with Crippen molar-refractivity contribution < 1.29 is 9.53 Å². The fraction of sp³-hybridized carbons (Fsp3) is 0.421. The smallest absolute Gasteiger partial charge is 0.258 e. The van der Waals surface area contributed by atoms with Crippen molar-refractivity contribution in [3.05, 3.63) is 52.8 Å². The molecule has 0 atom stereocenters. The van der Waals surface area contributed by atoms with Gasteiger partial charge in [-0.1, -0.05) is 12.1 Å². The summed E-state index contributed by atoms with van der Waals surface area (Å²) < 4.78 is 7.80. The van der Waals surface area contributed by atoms with E-state index in [1.54, 1.807) is 0 Å². The minimum Gasteiger partial charge on any atom is -0.484 e. The number of nitrogens with zero attached hydrogens (tertiary/aromatic N) is 1. The maximum Gasteiger partial charge on any atom is 0.258 e. The lowest BCUT2D eigenvalue weighted by Gasteiger charge is -2.14. The molecule has 1 amide bonds. The van der Waals surface area contributed by atoms with Crippen molar-refractivity contribution >= 4 is 5.91 Å². The van der Waals surface area contributed by atoms with E-state index < -0.39 is 0 Å². The van der Waals surface area contributed by atoms with Crippen LogP contribution < -0.4 is 10.1 Å². The summed E-state index contributed by atoms with van der Waals surface area (Å²) in [5.74, 6) is 0.610. The van der Waals surface area contributed by atoms with Crippen LogP contribution in [-0.4, -0.2) is 17.1 Å². The Bertz CT molecular complexity index is 687. The lowest BCUT2D eigenvalue weighted by Crippen LogP contribution is -2.28. The van der Waals surface area contributed by atoms with Gasteiger partial charge in [0.1, 0.15) is 5.75 Å². The number of carbonyl (C=O) groups is 1. The molecule has 0 spiro atoms. The highest BCUT2D eigenvalue weighted by atomic mass is 16.5.